The van der Waals surface area contributed by atoms with Gasteiger partial charge >= 0.3 is 0 Å². The van der Waals surface area contributed by atoms with E-state index in [1.54, 1.807) is 10.7 Å². The van der Waals surface area contributed by atoms with Crippen LogP contribution in [0, 0.1) is 20.8 Å². The van der Waals surface area contributed by atoms with Crippen molar-refractivity contribution >= 4 is 5.65 Å². The van der Waals surface area contributed by atoms with Gasteiger partial charge in [0.2, 0.25) is 0 Å². The normalized spacial score (nSPS) is 11.2. The molecule has 0 aliphatic heterocycles. The number of fused-ring (bicyclic) bond motifs is 1. The van der Waals surface area contributed by atoms with Gasteiger partial charge in [0.25, 0.3) is 0 Å². The van der Waals surface area contributed by atoms with Gasteiger partial charge in [-0.25, -0.2) is 9.50 Å². The van der Waals surface area contributed by atoms with Crippen molar-refractivity contribution in [2.75, 3.05) is 0 Å². The summed E-state index contributed by atoms with van der Waals surface area (Å²) in [5, 5.41) is 8.42. The lowest BCUT2D eigenvalue weighted by Crippen LogP contribution is -1.88. The number of hydrogen-bond donors (Lipinski definition) is 0. The summed E-state index contributed by atoms with van der Waals surface area (Å²) in [6.45, 7) is 5.80. The van der Waals surface area contributed by atoms with Crippen molar-refractivity contribution in [1.29, 1.82) is 0 Å². The lowest BCUT2D eigenvalue weighted by atomic mass is 10.1. The first kappa shape index (κ1) is 10.0. The minimum Gasteiger partial charge on any atom is -0.361 e. The van der Waals surface area contributed by atoms with Gasteiger partial charge in [-0.15, -0.1) is 0 Å². The number of nitrogens with zero attached hydrogens (tertiary/aromatic N) is 4. The van der Waals surface area contributed by atoms with Crippen LogP contribution in [-0.4, -0.2) is 19.8 Å². The molecule has 0 atom stereocenters. The molecule has 0 bridgehead atoms. The maximum atomic E-state index is 5.21. The zero-order chi connectivity index (χ0) is 12.0. The van der Waals surface area contributed by atoms with Crippen molar-refractivity contribution in [2.24, 2.45) is 0 Å². The van der Waals surface area contributed by atoms with Gasteiger partial charge in [0, 0.05) is 12.4 Å². The van der Waals surface area contributed by atoms with E-state index in [-0.39, 0.29) is 0 Å². The van der Waals surface area contributed by atoms with E-state index in [1.165, 1.54) is 0 Å². The summed E-state index contributed by atoms with van der Waals surface area (Å²) < 4.78 is 6.98. The average molecular weight is 228 g/mol. The first-order valence-electron chi connectivity index (χ1n) is 5.41. The van der Waals surface area contributed by atoms with Crippen LogP contribution in [-0.2, 0) is 0 Å². The van der Waals surface area contributed by atoms with Gasteiger partial charge in [0.15, 0.2) is 5.65 Å². The van der Waals surface area contributed by atoms with Crippen LogP contribution in [0.25, 0.3) is 16.8 Å². The van der Waals surface area contributed by atoms with Crippen LogP contribution in [0.5, 0.6) is 0 Å². The Hall–Kier alpha value is -2.17. The second-order valence-electron chi connectivity index (χ2n) is 4.05. The van der Waals surface area contributed by atoms with Gasteiger partial charge in [-0.3, -0.25) is 0 Å². The molecule has 0 aromatic carbocycles. The van der Waals surface area contributed by atoms with Gasteiger partial charge in [0.1, 0.15) is 5.76 Å². The molecule has 3 rings (SSSR count). The Morgan fingerprint density at radius 2 is 1.94 bits per heavy atom. The fourth-order valence-corrected chi connectivity index (χ4v) is 2.13. The molecule has 3 heterocycles. The molecule has 3 aromatic rings. The Balaban J connectivity index is 2.41. The van der Waals surface area contributed by atoms with Crippen LogP contribution < -0.4 is 0 Å². The summed E-state index contributed by atoms with van der Waals surface area (Å²) in [5.41, 5.74) is 4.63. The molecule has 0 radical (unpaired) electrons. The third-order valence-corrected chi connectivity index (χ3v) is 2.85. The van der Waals surface area contributed by atoms with Crippen molar-refractivity contribution in [3.05, 3.63) is 35.6 Å². The van der Waals surface area contributed by atoms with Crippen LogP contribution in [0.2, 0.25) is 0 Å². The molecular weight excluding hydrogens is 216 g/mol. The minimum atomic E-state index is 0.797. The average Bonchev–Trinajstić information content (AvgIpc) is 2.79. The molecule has 5 nitrogen and oxygen atoms in total. The summed E-state index contributed by atoms with van der Waals surface area (Å²) in [7, 11) is 0. The minimum absolute atomic E-state index is 0.797. The van der Waals surface area contributed by atoms with Gasteiger partial charge in [-0.2, -0.15) is 5.10 Å². The molecule has 0 N–H and O–H groups in total. The molecule has 0 spiro atoms. The molecule has 0 aliphatic rings. The summed E-state index contributed by atoms with van der Waals surface area (Å²) in [5.74, 6) is 0.797. The molecule has 0 fully saturated rings. The van der Waals surface area contributed by atoms with E-state index in [2.05, 4.69) is 15.2 Å². The van der Waals surface area contributed by atoms with E-state index in [0.29, 0.717) is 0 Å². The van der Waals surface area contributed by atoms with Gasteiger partial charge in [-0.1, -0.05) is 5.16 Å². The van der Waals surface area contributed by atoms with E-state index in [9.17, 15) is 0 Å². The molecule has 17 heavy (non-hydrogen) atoms. The molecule has 0 aliphatic carbocycles. The molecule has 0 saturated heterocycles. The van der Waals surface area contributed by atoms with Crippen LogP contribution in [0.1, 0.15) is 17.1 Å². The van der Waals surface area contributed by atoms with Crippen molar-refractivity contribution in [1.82, 2.24) is 19.8 Å². The highest BCUT2D eigenvalue weighted by Crippen LogP contribution is 2.31. The largest absolute Gasteiger partial charge is 0.361 e. The first-order valence-corrected chi connectivity index (χ1v) is 5.41. The highest BCUT2D eigenvalue weighted by atomic mass is 16.5. The maximum Gasteiger partial charge on any atom is 0.163 e. The summed E-state index contributed by atoms with van der Waals surface area (Å²) in [6, 6.07) is 1.86. The highest BCUT2D eigenvalue weighted by molar-refractivity contribution is 5.81. The zero-order valence-electron chi connectivity index (χ0n) is 9.93. The zero-order valence-corrected chi connectivity index (χ0v) is 9.93. The Bertz CT molecular complexity index is 676. The second kappa shape index (κ2) is 3.41. The number of hydrogen-bond acceptors (Lipinski definition) is 4. The smallest absolute Gasteiger partial charge is 0.163 e. The molecular formula is C12H12N4O. The lowest BCUT2D eigenvalue weighted by Gasteiger charge is -1.98. The highest BCUT2D eigenvalue weighted by Gasteiger charge is 2.19. The van der Waals surface area contributed by atoms with E-state index < -0.39 is 0 Å². The first-order chi connectivity index (χ1) is 8.18. The molecule has 0 saturated carbocycles. The number of aryl methyl sites for hydroxylation is 3. The predicted octanol–water partition coefficient (Wildman–Crippen LogP) is 2.31. The lowest BCUT2D eigenvalue weighted by molar-refractivity contribution is 0.393. The van der Waals surface area contributed by atoms with Crippen molar-refractivity contribution in [2.45, 2.75) is 20.8 Å². The number of aromatic nitrogens is 4. The third-order valence-electron chi connectivity index (χ3n) is 2.85. The SMILES string of the molecule is Cc1noc(C)c1-c1c(C)nn2cccnc12. The quantitative estimate of drug-likeness (QED) is 0.641. The van der Waals surface area contributed by atoms with Crippen molar-refractivity contribution < 1.29 is 4.52 Å². The molecule has 86 valence electrons. The fourth-order valence-electron chi connectivity index (χ4n) is 2.13. The summed E-state index contributed by atoms with van der Waals surface area (Å²) in [6.07, 6.45) is 3.65. The predicted molar refractivity (Wildman–Crippen MR) is 62.7 cm³/mol. The van der Waals surface area contributed by atoms with Crippen LogP contribution in [0.4, 0.5) is 0 Å². The van der Waals surface area contributed by atoms with Crippen molar-refractivity contribution in [3.63, 3.8) is 0 Å². The summed E-state index contributed by atoms with van der Waals surface area (Å²) in [4.78, 5) is 4.37. The van der Waals surface area contributed by atoms with Crippen molar-refractivity contribution in [3.8, 4) is 11.1 Å². The Labute approximate surface area is 98.1 Å². The van der Waals surface area contributed by atoms with Crippen LogP contribution >= 0.6 is 0 Å². The van der Waals surface area contributed by atoms with Crippen LogP contribution in [0.3, 0.4) is 0 Å². The van der Waals surface area contributed by atoms with E-state index in [4.69, 9.17) is 4.52 Å². The van der Waals surface area contributed by atoms with Crippen LogP contribution in [0.15, 0.2) is 23.0 Å². The Kier molecular flexibility index (Phi) is 2.01. The monoisotopic (exact) mass is 228 g/mol. The van der Waals surface area contributed by atoms with E-state index in [0.717, 1.165) is 33.9 Å². The molecule has 3 aromatic heterocycles. The van der Waals surface area contributed by atoms with Gasteiger partial charge in [-0.05, 0) is 26.8 Å². The molecule has 0 amide bonds. The third kappa shape index (κ3) is 1.35. The molecule has 5 heteroatoms. The standard InChI is InChI=1S/C12H12N4O/c1-7-11(10-8(2)15-17-9(10)3)12-13-5-4-6-16(12)14-7/h4-6H,1-3H3. The topological polar surface area (TPSA) is 56.2 Å². The molecule has 0 unspecified atom stereocenters. The fraction of sp³-hybridized carbons (Fsp3) is 0.250. The van der Waals surface area contributed by atoms with E-state index in [1.807, 2.05) is 33.0 Å². The second-order valence-corrected chi connectivity index (χ2v) is 4.05. The van der Waals surface area contributed by atoms with Gasteiger partial charge in [0.05, 0.1) is 22.5 Å². The Morgan fingerprint density at radius 3 is 2.65 bits per heavy atom. The maximum absolute atomic E-state index is 5.21. The summed E-state index contributed by atoms with van der Waals surface area (Å²) >= 11 is 0. The van der Waals surface area contributed by atoms with E-state index >= 15 is 0 Å². The number of rotatable bonds is 1. The Morgan fingerprint density at radius 1 is 1.12 bits per heavy atom. The van der Waals surface area contributed by atoms with Gasteiger partial charge < -0.3 is 4.52 Å².